The van der Waals surface area contributed by atoms with Gasteiger partial charge in [0.15, 0.2) is 0 Å². The van der Waals surface area contributed by atoms with Crippen LogP contribution in [-0.4, -0.2) is 15.5 Å². The molecule has 134 valence electrons. The molecule has 0 aliphatic rings. The lowest BCUT2D eigenvalue weighted by atomic mass is 10.0. The molecule has 0 aromatic heterocycles. The van der Waals surface area contributed by atoms with Gasteiger partial charge in [0.25, 0.3) is 10.0 Å². The standard InChI is InChI=1S/C19H15F2NO3S/c1-25-15-8-9-16(13-5-3-2-4-6-13)18(12-15)22-26(23,24)19-10-7-14(20)11-17(19)21/h2-12,22H,1H3. The molecule has 3 rings (SSSR count). The van der Waals surface area contributed by atoms with Crippen molar-refractivity contribution in [2.75, 3.05) is 11.8 Å². The molecule has 0 heterocycles. The van der Waals surface area contributed by atoms with Crippen LogP contribution >= 0.6 is 0 Å². The molecule has 7 heteroatoms. The Balaban J connectivity index is 2.08. The van der Waals surface area contributed by atoms with Crippen molar-refractivity contribution in [3.05, 3.63) is 78.4 Å². The number of rotatable bonds is 5. The van der Waals surface area contributed by atoms with Gasteiger partial charge < -0.3 is 4.74 Å². The van der Waals surface area contributed by atoms with Crippen molar-refractivity contribution in [1.29, 1.82) is 0 Å². The van der Waals surface area contributed by atoms with Crippen LogP contribution < -0.4 is 9.46 Å². The van der Waals surface area contributed by atoms with Crippen LogP contribution in [0.3, 0.4) is 0 Å². The first-order valence-electron chi connectivity index (χ1n) is 7.62. The summed E-state index contributed by atoms with van der Waals surface area (Å²) in [4.78, 5) is -0.638. The molecule has 0 saturated carbocycles. The average Bonchev–Trinajstić information content (AvgIpc) is 2.61. The fourth-order valence-electron chi connectivity index (χ4n) is 2.50. The summed E-state index contributed by atoms with van der Waals surface area (Å²) in [5.41, 5.74) is 1.59. The number of ether oxygens (including phenoxy) is 1. The van der Waals surface area contributed by atoms with E-state index in [1.807, 2.05) is 30.3 Å². The number of nitrogens with one attached hydrogen (secondary N) is 1. The zero-order valence-corrected chi connectivity index (χ0v) is 14.6. The quantitative estimate of drug-likeness (QED) is 0.717. The van der Waals surface area contributed by atoms with Gasteiger partial charge in [-0.05, 0) is 29.8 Å². The largest absolute Gasteiger partial charge is 0.497 e. The maximum atomic E-state index is 13.9. The molecule has 4 nitrogen and oxygen atoms in total. The molecular formula is C19H15F2NO3S. The lowest BCUT2D eigenvalue weighted by molar-refractivity contribution is 0.415. The van der Waals surface area contributed by atoms with Crippen molar-refractivity contribution < 1.29 is 21.9 Å². The fourth-order valence-corrected chi connectivity index (χ4v) is 3.63. The molecule has 3 aromatic rings. The smallest absolute Gasteiger partial charge is 0.264 e. The van der Waals surface area contributed by atoms with E-state index in [1.54, 1.807) is 12.1 Å². The molecule has 0 amide bonds. The minimum Gasteiger partial charge on any atom is -0.497 e. The van der Waals surface area contributed by atoms with Crippen LogP contribution in [0.1, 0.15) is 0 Å². The van der Waals surface area contributed by atoms with Crippen LogP contribution in [0.4, 0.5) is 14.5 Å². The zero-order chi connectivity index (χ0) is 18.7. The molecule has 0 spiro atoms. The Kier molecular flexibility index (Phi) is 4.90. The Morgan fingerprint density at radius 3 is 2.31 bits per heavy atom. The van der Waals surface area contributed by atoms with Crippen LogP contribution in [0, 0.1) is 11.6 Å². The van der Waals surface area contributed by atoms with Gasteiger partial charge in [0.2, 0.25) is 0 Å². The van der Waals surface area contributed by atoms with Crippen molar-refractivity contribution in [3.8, 4) is 16.9 Å². The molecule has 0 aliphatic heterocycles. The molecule has 0 bridgehead atoms. The Bertz CT molecular complexity index is 1040. The predicted octanol–water partition coefficient (Wildman–Crippen LogP) is 4.44. The first-order valence-corrected chi connectivity index (χ1v) is 9.10. The second kappa shape index (κ2) is 7.13. The molecule has 0 atom stereocenters. The van der Waals surface area contributed by atoms with Crippen LogP contribution in [0.25, 0.3) is 11.1 Å². The minimum absolute atomic E-state index is 0.222. The van der Waals surface area contributed by atoms with Crippen molar-refractivity contribution in [2.24, 2.45) is 0 Å². The van der Waals surface area contributed by atoms with Crippen molar-refractivity contribution in [3.63, 3.8) is 0 Å². The Morgan fingerprint density at radius 2 is 1.65 bits per heavy atom. The molecule has 0 unspecified atom stereocenters. The van der Waals surface area contributed by atoms with Crippen LogP contribution in [0.15, 0.2) is 71.6 Å². The Labute approximate surface area is 150 Å². The van der Waals surface area contributed by atoms with Gasteiger partial charge in [0.05, 0.1) is 12.8 Å². The number of sulfonamides is 1. The number of benzene rings is 3. The van der Waals surface area contributed by atoms with E-state index >= 15 is 0 Å². The summed E-state index contributed by atoms with van der Waals surface area (Å²) in [5, 5.41) is 0. The number of methoxy groups -OCH3 is 1. The topological polar surface area (TPSA) is 55.4 Å². The third-order valence-corrected chi connectivity index (χ3v) is 5.14. The summed E-state index contributed by atoms with van der Waals surface area (Å²) in [5.74, 6) is -1.59. The van der Waals surface area contributed by atoms with E-state index in [9.17, 15) is 17.2 Å². The van der Waals surface area contributed by atoms with E-state index in [2.05, 4.69) is 4.72 Å². The lowest BCUT2D eigenvalue weighted by Gasteiger charge is -2.15. The summed E-state index contributed by atoms with van der Waals surface area (Å²) < 4.78 is 59.7. The normalized spacial score (nSPS) is 11.2. The minimum atomic E-state index is -4.26. The Morgan fingerprint density at radius 1 is 0.923 bits per heavy atom. The number of anilines is 1. The highest BCUT2D eigenvalue weighted by Gasteiger charge is 2.21. The third-order valence-electron chi connectivity index (χ3n) is 3.74. The molecule has 0 radical (unpaired) electrons. The monoisotopic (exact) mass is 375 g/mol. The molecule has 0 fully saturated rings. The number of hydrogen-bond donors (Lipinski definition) is 1. The van der Waals surface area contributed by atoms with Gasteiger partial charge in [-0.1, -0.05) is 30.3 Å². The highest BCUT2D eigenvalue weighted by Crippen LogP contribution is 2.33. The second-order valence-corrected chi connectivity index (χ2v) is 7.11. The van der Waals surface area contributed by atoms with Gasteiger partial charge in [-0.15, -0.1) is 0 Å². The van der Waals surface area contributed by atoms with Gasteiger partial charge in [0.1, 0.15) is 22.3 Å². The molecule has 26 heavy (non-hydrogen) atoms. The predicted molar refractivity (Wildman–Crippen MR) is 95.6 cm³/mol. The summed E-state index contributed by atoms with van der Waals surface area (Å²) >= 11 is 0. The molecule has 0 saturated heterocycles. The van der Waals surface area contributed by atoms with Crippen LogP contribution in [0.5, 0.6) is 5.75 Å². The van der Waals surface area contributed by atoms with Crippen molar-refractivity contribution >= 4 is 15.7 Å². The third kappa shape index (κ3) is 3.67. The first kappa shape index (κ1) is 17.9. The lowest BCUT2D eigenvalue weighted by Crippen LogP contribution is -2.15. The van der Waals surface area contributed by atoms with Crippen LogP contribution in [0.2, 0.25) is 0 Å². The van der Waals surface area contributed by atoms with Crippen molar-refractivity contribution in [2.45, 2.75) is 4.90 Å². The maximum absolute atomic E-state index is 13.9. The summed E-state index contributed by atoms with van der Waals surface area (Å²) in [6.45, 7) is 0. The number of hydrogen-bond acceptors (Lipinski definition) is 3. The van der Waals surface area contributed by atoms with E-state index in [-0.39, 0.29) is 5.69 Å². The highest BCUT2D eigenvalue weighted by atomic mass is 32.2. The van der Waals surface area contributed by atoms with E-state index in [4.69, 9.17) is 4.74 Å². The second-order valence-electron chi connectivity index (χ2n) is 5.46. The Hall–Kier alpha value is -2.93. The van der Waals surface area contributed by atoms with E-state index < -0.39 is 26.6 Å². The van der Waals surface area contributed by atoms with Gasteiger partial charge in [-0.3, -0.25) is 4.72 Å². The molecule has 3 aromatic carbocycles. The van der Waals surface area contributed by atoms with Crippen LogP contribution in [-0.2, 0) is 10.0 Å². The number of halogens is 2. The van der Waals surface area contributed by atoms with E-state index in [1.165, 1.54) is 13.2 Å². The summed E-state index contributed by atoms with van der Waals surface area (Å²) in [6.07, 6.45) is 0. The zero-order valence-electron chi connectivity index (χ0n) is 13.7. The first-order chi connectivity index (χ1) is 12.4. The summed E-state index contributed by atoms with van der Waals surface area (Å²) in [7, 11) is -2.81. The highest BCUT2D eigenvalue weighted by molar-refractivity contribution is 7.92. The van der Waals surface area contributed by atoms with Gasteiger partial charge in [0, 0.05) is 17.7 Å². The van der Waals surface area contributed by atoms with E-state index in [0.717, 1.165) is 17.7 Å². The SMILES string of the molecule is COc1ccc(-c2ccccc2)c(NS(=O)(=O)c2ccc(F)cc2F)c1. The molecular weight excluding hydrogens is 360 g/mol. The van der Waals surface area contributed by atoms with Gasteiger partial charge >= 0.3 is 0 Å². The molecule has 1 N–H and O–H groups in total. The van der Waals surface area contributed by atoms with Gasteiger partial charge in [-0.2, -0.15) is 0 Å². The fraction of sp³-hybridized carbons (Fsp3) is 0.0526. The van der Waals surface area contributed by atoms with Crippen molar-refractivity contribution in [1.82, 2.24) is 0 Å². The maximum Gasteiger partial charge on any atom is 0.264 e. The van der Waals surface area contributed by atoms with Gasteiger partial charge in [-0.25, -0.2) is 17.2 Å². The van der Waals surface area contributed by atoms with E-state index in [0.29, 0.717) is 17.4 Å². The summed E-state index contributed by atoms with van der Waals surface area (Å²) in [6, 6.07) is 16.3. The molecule has 0 aliphatic carbocycles. The average molecular weight is 375 g/mol.